The minimum absolute atomic E-state index is 0.136. The predicted molar refractivity (Wildman–Crippen MR) is 72.0 cm³/mol. The van der Waals surface area contributed by atoms with E-state index >= 15 is 0 Å². The van der Waals surface area contributed by atoms with Crippen molar-refractivity contribution in [3.05, 3.63) is 0 Å². The van der Waals surface area contributed by atoms with Crippen LogP contribution in [0.4, 0.5) is 0 Å². The summed E-state index contributed by atoms with van der Waals surface area (Å²) in [5.41, 5.74) is 0. The molecule has 0 aromatic carbocycles. The summed E-state index contributed by atoms with van der Waals surface area (Å²) in [6, 6.07) is 0.515. The molecule has 0 aromatic heterocycles. The fraction of sp³-hybridized carbons (Fsp3) is 1.00. The summed E-state index contributed by atoms with van der Waals surface area (Å²) in [6.07, 6.45) is 1.75. The lowest BCUT2D eigenvalue weighted by molar-refractivity contribution is 0.113. The van der Waals surface area contributed by atoms with Crippen LogP contribution in [0, 0.1) is 5.92 Å². The van der Waals surface area contributed by atoms with Crippen molar-refractivity contribution in [2.75, 3.05) is 24.7 Å². The number of nitrogens with one attached hydrogen (secondary N) is 1. The molecule has 0 bridgehead atoms. The predicted octanol–water partition coefficient (Wildman–Crippen LogP) is 1.49. The molecule has 0 aliphatic rings. The van der Waals surface area contributed by atoms with Gasteiger partial charge in [0.1, 0.15) is 0 Å². The molecule has 0 aromatic rings. The Hall–Kier alpha value is 0.230. The van der Waals surface area contributed by atoms with Crippen molar-refractivity contribution >= 4 is 11.8 Å². The first-order valence-electron chi connectivity index (χ1n) is 6.25. The number of rotatable bonds is 10. The molecule has 3 atom stereocenters. The second kappa shape index (κ2) is 10.4. The highest BCUT2D eigenvalue weighted by atomic mass is 32.2. The van der Waals surface area contributed by atoms with E-state index in [9.17, 15) is 5.11 Å². The molecule has 98 valence electrons. The molecule has 4 heteroatoms. The van der Waals surface area contributed by atoms with E-state index in [1.54, 1.807) is 11.8 Å². The summed E-state index contributed by atoms with van der Waals surface area (Å²) in [7, 11) is 0. The quantitative estimate of drug-likeness (QED) is 0.549. The third-order valence-electron chi connectivity index (χ3n) is 2.81. The maximum absolute atomic E-state index is 9.25. The lowest BCUT2D eigenvalue weighted by Crippen LogP contribution is -2.37. The molecule has 3 nitrogen and oxygen atoms in total. The average Bonchev–Trinajstić information content (AvgIpc) is 2.32. The van der Waals surface area contributed by atoms with E-state index in [0.717, 1.165) is 18.7 Å². The van der Waals surface area contributed by atoms with Gasteiger partial charge in [0.25, 0.3) is 0 Å². The van der Waals surface area contributed by atoms with Crippen molar-refractivity contribution in [2.45, 2.75) is 45.8 Å². The summed E-state index contributed by atoms with van der Waals surface area (Å²) in [5, 5.41) is 21.5. The molecule has 3 N–H and O–H groups in total. The van der Waals surface area contributed by atoms with Crippen LogP contribution >= 0.6 is 11.8 Å². The van der Waals surface area contributed by atoms with Crippen molar-refractivity contribution in [1.29, 1.82) is 0 Å². The van der Waals surface area contributed by atoms with Crippen LogP contribution in [0.3, 0.4) is 0 Å². The fourth-order valence-electron chi connectivity index (χ4n) is 1.42. The second-order valence-corrected chi connectivity index (χ2v) is 5.39. The van der Waals surface area contributed by atoms with E-state index in [4.69, 9.17) is 5.11 Å². The monoisotopic (exact) mass is 249 g/mol. The number of hydrogen-bond donors (Lipinski definition) is 3. The normalized spacial score (nSPS) is 17.1. The van der Waals surface area contributed by atoms with E-state index in [1.165, 1.54) is 6.42 Å². The molecule has 0 amide bonds. The van der Waals surface area contributed by atoms with E-state index in [1.807, 2.05) is 0 Å². The Morgan fingerprint density at radius 2 is 1.94 bits per heavy atom. The van der Waals surface area contributed by atoms with Crippen LogP contribution in [0.5, 0.6) is 0 Å². The highest BCUT2D eigenvalue weighted by Gasteiger charge is 2.15. The van der Waals surface area contributed by atoms with Crippen LogP contribution in [0.25, 0.3) is 0 Å². The molecule has 0 aliphatic heterocycles. The highest BCUT2D eigenvalue weighted by Crippen LogP contribution is 2.14. The van der Waals surface area contributed by atoms with Gasteiger partial charge in [0, 0.05) is 17.5 Å². The van der Waals surface area contributed by atoms with Crippen molar-refractivity contribution in [2.24, 2.45) is 5.92 Å². The Bertz CT molecular complexity index is 158. The number of hydrogen-bond acceptors (Lipinski definition) is 4. The van der Waals surface area contributed by atoms with Gasteiger partial charge < -0.3 is 15.5 Å². The fourth-order valence-corrected chi connectivity index (χ4v) is 2.64. The number of aliphatic hydroxyl groups is 2. The number of thioether (sulfide) groups is 1. The molecule has 0 radical (unpaired) electrons. The van der Waals surface area contributed by atoms with Crippen molar-refractivity contribution in [3.8, 4) is 0 Å². The largest absolute Gasteiger partial charge is 0.394 e. The van der Waals surface area contributed by atoms with Gasteiger partial charge in [0.15, 0.2) is 0 Å². The summed E-state index contributed by atoms with van der Waals surface area (Å²) < 4.78 is 0. The SMILES string of the molecule is CCCNC(CSCC(O)CO)C(C)CC. The van der Waals surface area contributed by atoms with Crippen LogP contribution in [0.2, 0.25) is 0 Å². The lowest BCUT2D eigenvalue weighted by atomic mass is 10.0. The maximum Gasteiger partial charge on any atom is 0.0861 e. The van der Waals surface area contributed by atoms with E-state index in [0.29, 0.717) is 17.7 Å². The summed E-state index contributed by atoms with van der Waals surface area (Å²) in [4.78, 5) is 0. The Labute approximate surface area is 104 Å². The zero-order valence-electron chi connectivity index (χ0n) is 10.8. The smallest absolute Gasteiger partial charge is 0.0861 e. The first-order chi connectivity index (χ1) is 7.65. The summed E-state index contributed by atoms with van der Waals surface area (Å²) in [6.45, 7) is 7.56. The van der Waals surface area contributed by atoms with Gasteiger partial charge in [-0.15, -0.1) is 0 Å². The molecule has 0 saturated heterocycles. The lowest BCUT2D eigenvalue weighted by Gasteiger charge is -2.24. The van der Waals surface area contributed by atoms with Gasteiger partial charge in [-0.2, -0.15) is 11.8 Å². The van der Waals surface area contributed by atoms with Crippen molar-refractivity contribution in [3.63, 3.8) is 0 Å². The van der Waals surface area contributed by atoms with Gasteiger partial charge in [-0.3, -0.25) is 0 Å². The molecular weight excluding hydrogens is 222 g/mol. The van der Waals surface area contributed by atoms with Crippen LogP contribution < -0.4 is 5.32 Å². The van der Waals surface area contributed by atoms with Gasteiger partial charge in [0.2, 0.25) is 0 Å². The average molecular weight is 249 g/mol. The van der Waals surface area contributed by atoms with Gasteiger partial charge in [0.05, 0.1) is 12.7 Å². The Morgan fingerprint density at radius 1 is 1.25 bits per heavy atom. The Kier molecular flexibility index (Phi) is 10.5. The molecular formula is C12H27NO2S. The molecule has 0 saturated carbocycles. The third-order valence-corrected chi connectivity index (χ3v) is 4.02. The molecule has 0 aliphatic carbocycles. The minimum atomic E-state index is -0.575. The van der Waals surface area contributed by atoms with Crippen LogP contribution in [-0.4, -0.2) is 47.0 Å². The van der Waals surface area contributed by atoms with Gasteiger partial charge >= 0.3 is 0 Å². The zero-order valence-corrected chi connectivity index (χ0v) is 11.6. The first kappa shape index (κ1) is 16.2. The highest BCUT2D eigenvalue weighted by molar-refractivity contribution is 7.99. The van der Waals surface area contributed by atoms with E-state index in [-0.39, 0.29) is 6.61 Å². The van der Waals surface area contributed by atoms with Gasteiger partial charge in [-0.25, -0.2) is 0 Å². The molecule has 16 heavy (non-hydrogen) atoms. The Balaban J connectivity index is 3.82. The zero-order chi connectivity index (χ0) is 12.4. The molecule has 0 heterocycles. The third kappa shape index (κ3) is 7.49. The van der Waals surface area contributed by atoms with Crippen LogP contribution in [0.15, 0.2) is 0 Å². The number of aliphatic hydroxyl groups excluding tert-OH is 2. The molecule has 0 fully saturated rings. The minimum Gasteiger partial charge on any atom is -0.394 e. The van der Waals surface area contributed by atoms with E-state index in [2.05, 4.69) is 26.1 Å². The van der Waals surface area contributed by atoms with Gasteiger partial charge in [-0.05, 0) is 18.9 Å². The van der Waals surface area contributed by atoms with Crippen LogP contribution in [-0.2, 0) is 0 Å². The second-order valence-electron chi connectivity index (χ2n) is 4.32. The summed E-state index contributed by atoms with van der Waals surface area (Å²) in [5.74, 6) is 2.29. The Morgan fingerprint density at radius 3 is 2.44 bits per heavy atom. The van der Waals surface area contributed by atoms with Crippen molar-refractivity contribution in [1.82, 2.24) is 5.32 Å². The topological polar surface area (TPSA) is 52.5 Å². The van der Waals surface area contributed by atoms with E-state index < -0.39 is 6.10 Å². The van der Waals surface area contributed by atoms with Crippen LogP contribution in [0.1, 0.15) is 33.6 Å². The standard InChI is InChI=1S/C12H27NO2S/c1-4-6-13-12(10(3)5-2)9-16-8-11(15)7-14/h10-15H,4-9H2,1-3H3. The van der Waals surface area contributed by atoms with Crippen molar-refractivity contribution < 1.29 is 10.2 Å². The molecule has 0 spiro atoms. The molecule has 3 unspecified atom stereocenters. The first-order valence-corrected chi connectivity index (χ1v) is 7.41. The molecule has 0 rings (SSSR count). The summed E-state index contributed by atoms with van der Waals surface area (Å²) >= 11 is 1.72. The maximum atomic E-state index is 9.25. The van der Waals surface area contributed by atoms with Gasteiger partial charge in [-0.1, -0.05) is 27.2 Å².